The van der Waals surface area contributed by atoms with Crippen molar-refractivity contribution >= 4 is 0 Å². The third-order valence-electron chi connectivity index (χ3n) is 3.54. The van der Waals surface area contributed by atoms with Crippen LogP contribution in [0.1, 0.15) is 30.9 Å². The molecule has 0 unspecified atom stereocenters. The monoisotopic (exact) mass is 218 g/mol. The van der Waals surface area contributed by atoms with Gasteiger partial charge in [0.25, 0.3) is 0 Å². The molecular formula is C14H22N2. The second-order valence-corrected chi connectivity index (χ2v) is 4.95. The molecule has 1 aromatic carbocycles. The van der Waals surface area contributed by atoms with Gasteiger partial charge in [0.15, 0.2) is 0 Å². The normalized spacial score (nSPS) is 24.1. The van der Waals surface area contributed by atoms with Gasteiger partial charge in [0, 0.05) is 12.6 Å². The Morgan fingerprint density at radius 3 is 2.56 bits per heavy atom. The van der Waals surface area contributed by atoms with E-state index in [1.54, 1.807) is 0 Å². The quantitative estimate of drug-likeness (QED) is 0.794. The Kier molecular flexibility index (Phi) is 3.97. The first-order valence-electron chi connectivity index (χ1n) is 6.30. The van der Waals surface area contributed by atoms with Crippen molar-refractivity contribution in [3.8, 4) is 0 Å². The molecule has 0 atom stereocenters. The highest BCUT2D eigenvalue weighted by atomic mass is 14.9. The second kappa shape index (κ2) is 5.46. The number of hydrogen-bond donors (Lipinski definition) is 2. The van der Waals surface area contributed by atoms with Crippen LogP contribution in [0.5, 0.6) is 0 Å². The van der Waals surface area contributed by atoms with E-state index in [1.807, 2.05) is 0 Å². The molecule has 0 bridgehead atoms. The van der Waals surface area contributed by atoms with E-state index in [-0.39, 0.29) is 0 Å². The van der Waals surface area contributed by atoms with E-state index in [1.165, 1.54) is 24.0 Å². The van der Waals surface area contributed by atoms with Crippen LogP contribution >= 0.6 is 0 Å². The van der Waals surface area contributed by atoms with Gasteiger partial charge in [0.05, 0.1) is 0 Å². The molecule has 0 aliphatic heterocycles. The molecule has 0 saturated heterocycles. The van der Waals surface area contributed by atoms with Gasteiger partial charge in [-0.05, 0) is 42.9 Å². The Labute approximate surface area is 98.2 Å². The van der Waals surface area contributed by atoms with E-state index < -0.39 is 0 Å². The number of hydrogen-bond acceptors (Lipinski definition) is 2. The molecule has 2 rings (SSSR count). The Balaban J connectivity index is 1.76. The molecule has 1 saturated carbocycles. The van der Waals surface area contributed by atoms with Gasteiger partial charge in [0.1, 0.15) is 0 Å². The lowest BCUT2D eigenvalue weighted by atomic mass is 9.82. The van der Waals surface area contributed by atoms with Crippen LogP contribution in [0.2, 0.25) is 0 Å². The van der Waals surface area contributed by atoms with Crippen LogP contribution in [0.25, 0.3) is 0 Å². The van der Waals surface area contributed by atoms with Crippen LogP contribution in [-0.4, -0.2) is 12.6 Å². The van der Waals surface area contributed by atoms with Gasteiger partial charge in [-0.2, -0.15) is 0 Å². The molecule has 16 heavy (non-hydrogen) atoms. The summed E-state index contributed by atoms with van der Waals surface area (Å²) in [5.41, 5.74) is 8.39. The maximum absolute atomic E-state index is 5.72. The minimum Gasteiger partial charge on any atom is -0.326 e. The van der Waals surface area contributed by atoms with Gasteiger partial charge in [0.2, 0.25) is 0 Å². The summed E-state index contributed by atoms with van der Waals surface area (Å²) in [7, 11) is 0. The van der Waals surface area contributed by atoms with Gasteiger partial charge in [-0.15, -0.1) is 0 Å². The first-order chi connectivity index (χ1) is 7.79. The molecule has 2 heteroatoms. The summed E-state index contributed by atoms with van der Waals surface area (Å²) in [5.74, 6) is 0.925. The molecule has 88 valence electrons. The Morgan fingerprint density at radius 1 is 1.25 bits per heavy atom. The summed E-state index contributed by atoms with van der Waals surface area (Å²) < 4.78 is 0. The summed E-state index contributed by atoms with van der Waals surface area (Å²) in [6.07, 6.45) is 3.79. The molecule has 0 spiro atoms. The fraction of sp³-hybridized carbons (Fsp3) is 0.571. The maximum Gasteiger partial charge on any atom is 0.0180 e. The Bertz CT molecular complexity index is 329. The zero-order valence-electron chi connectivity index (χ0n) is 10.1. The molecule has 1 aliphatic rings. The van der Waals surface area contributed by atoms with Crippen molar-refractivity contribution in [1.29, 1.82) is 0 Å². The summed E-state index contributed by atoms with van der Waals surface area (Å²) >= 11 is 0. The Hall–Kier alpha value is -0.860. The van der Waals surface area contributed by atoms with E-state index in [9.17, 15) is 0 Å². The number of benzene rings is 1. The molecule has 0 aromatic heterocycles. The lowest BCUT2D eigenvalue weighted by Crippen LogP contribution is -2.41. The summed E-state index contributed by atoms with van der Waals surface area (Å²) in [6, 6.07) is 9.24. The molecule has 3 N–H and O–H groups in total. The van der Waals surface area contributed by atoms with Gasteiger partial charge in [-0.3, -0.25) is 0 Å². The predicted molar refractivity (Wildman–Crippen MR) is 68.2 cm³/mol. The van der Waals surface area contributed by atoms with Gasteiger partial charge in [-0.1, -0.05) is 31.2 Å². The van der Waals surface area contributed by atoms with Crippen molar-refractivity contribution in [2.24, 2.45) is 11.7 Å². The summed E-state index contributed by atoms with van der Waals surface area (Å²) in [4.78, 5) is 0. The topological polar surface area (TPSA) is 38.0 Å². The number of rotatable bonds is 5. The third-order valence-corrected chi connectivity index (χ3v) is 3.54. The highest BCUT2D eigenvalue weighted by Crippen LogP contribution is 2.26. The highest BCUT2D eigenvalue weighted by Gasteiger charge is 2.24. The number of nitrogens with two attached hydrogens (primary N) is 1. The van der Waals surface area contributed by atoms with Gasteiger partial charge < -0.3 is 11.1 Å². The van der Waals surface area contributed by atoms with Crippen LogP contribution in [0.4, 0.5) is 0 Å². The SMILES string of the molecule is CC1CC(NCCc2ccccc2CN)C1. The van der Waals surface area contributed by atoms with Crippen molar-refractivity contribution < 1.29 is 0 Å². The van der Waals surface area contributed by atoms with Gasteiger partial charge >= 0.3 is 0 Å². The molecular weight excluding hydrogens is 196 g/mol. The second-order valence-electron chi connectivity index (χ2n) is 4.95. The average molecular weight is 218 g/mol. The molecule has 2 nitrogen and oxygen atoms in total. The van der Waals surface area contributed by atoms with Crippen LogP contribution < -0.4 is 11.1 Å². The first-order valence-corrected chi connectivity index (χ1v) is 6.30. The highest BCUT2D eigenvalue weighted by molar-refractivity contribution is 5.27. The Morgan fingerprint density at radius 2 is 1.94 bits per heavy atom. The minimum atomic E-state index is 0.649. The lowest BCUT2D eigenvalue weighted by molar-refractivity contribution is 0.243. The van der Waals surface area contributed by atoms with E-state index in [0.717, 1.165) is 24.9 Å². The molecule has 0 amide bonds. The van der Waals surface area contributed by atoms with Crippen molar-refractivity contribution in [3.05, 3.63) is 35.4 Å². The number of nitrogens with one attached hydrogen (secondary N) is 1. The largest absolute Gasteiger partial charge is 0.326 e. The van der Waals surface area contributed by atoms with E-state index in [0.29, 0.717) is 6.54 Å². The predicted octanol–water partition coefficient (Wildman–Crippen LogP) is 2.08. The molecule has 0 radical (unpaired) electrons. The van der Waals surface area contributed by atoms with E-state index in [4.69, 9.17) is 5.73 Å². The third kappa shape index (κ3) is 2.83. The summed E-state index contributed by atoms with van der Waals surface area (Å²) in [5, 5.41) is 3.61. The summed E-state index contributed by atoms with van der Waals surface area (Å²) in [6.45, 7) is 4.05. The molecule has 1 aliphatic carbocycles. The van der Waals surface area contributed by atoms with Gasteiger partial charge in [-0.25, -0.2) is 0 Å². The smallest absolute Gasteiger partial charge is 0.0180 e. The zero-order valence-corrected chi connectivity index (χ0v) is 10.1. The van der Waals surface area contributed by atoms with Crippen LogP contribution in [0.15, 0.2) is 24.3 Å². The first kappa shape index (κ1) is 11.6. The molecule has 0 heterocycles. The molecule has 1 aromatic rings. The van der Waals surface area contributed by atoms with E-state index >= 15 is 0 Å². The van der Waals surface area contributed by atoms with Crippen molar-refractivity contribution in [2.45, 2.75) is 38.8 Å². The lowest BCUT2D eigenvalue weighted by Gasteiger charge is -2.33. The van der Waals surface area contributed by atoms with Crippen molar-refractivity contribution in [3.63, 3.8) is 0 Å². The standard InChI is InChI=1S/C14H22N2/c1-11-8-14(9-11)16-7-6-12-4-2-3-5-13(12)10-15/h2-5,11,14,16H,6-10,15H2,1H3. The maximum atomic E-state index is 5.72. The zero-order chi connectivity index (χ0) is 11.4. The van der Waals surface area contributed by atoms with E-state index in [2.05, 4.69) is 36.5 Å². The van der Waals surface area contributed by atoms with Crippen LogP contribution in [-0.2, 0) is 13.0 Å². The van der Waals surface area contributed by atoms with Crippen LogP contribution in [0, 0.1) is 5.92 Å². The van der Waals surface area contributed by atoms with Crippen molar-refractivity contribution in [2.75, 3.05) is 6.54 Å². The minimum absolute atomic E-state index is 0.649. The van der Waals surface area contributed by atoms with Crippen molar-refractivity contribution in [1.82, 2.24) is 5.32 Å². The average Bonchev–Trinajstić information content (AvgIpc) is 2.27. The molecule has 1 fully saturated rings. The fourth-order valence-corrected chi connectivity index (χ4v) is 2.48. The van der Waals surface area contributed by atoms with Crippen LogP contribution in [0.3, 0.4) is 0 Å². The fourth-order valence-electron chi connectivity index (χ4n) is 2.48.